The van der Waals surface area contributed by atoms with Crippen LogP contribution in [0.15, 0.2) is 60.0 Å². The van der Waals surface area contributed by atoms with Crippen LogP contribution in [0.4, 0.5) is 5.69 Å². The molecule has 142 valence electrons. The van der Waals surface area contributed by atoms with Crippen molar-refractivity contribution in [2.24, 2.45) is 0 Å². The van der Waals surface area contributed by atoms with Crippen LogP contribution < -0.4 is 9.64 Å². The maximum Gasteiger partial charge on any atom is 0.258 e. The van der Waals surface area contributed by atoms with E-state index in [-0.39, 0.29) is 17.8 Å². The summed E-state index contributed by atoms with van der Waals surface area (Å²) in [4.78, 5) is 14.7. The maximum absolute atomic E-state index is 13.2. The molecule has 0 fully saturated rings. The molecule has 0 saturated heterocycles. The Morgan fingerprint density at radius 2 is 1.74 bits per heavy atom. The van der Waals surface area contributed by atoms with Crippen LogP contribution in [0.5, 0.6) is 5.75 Å². The van der Waals surface area contributed by atoms with Gasteiger partial charge in [-0.15, -0.1) is 0 Å². The fourth-order valence-corrected chi connectivity index (χ4v) is 4.26. The number of ether oxygens (including phenoxy) is 1. The van der Waals surface area contributed by atoms with Crippen molar-refractivity contribution in [3.63, 3.8) is 0 Å². The first-order valence-corrected chi connectivity index (χ1v) is 10.6. The van der Waals surface area contributed by atoms with Gasteiger partial charge in [0.25, 0.3) is 5.91 Å². The van der Waals surface area contributed by atoms with E-state index in [0.29, 0.717) is 22.0 Å². The van der Waals surface area contributed by atoms with Gasteiger partial charge in [0.15, 0.2) is 9.84 Å². The van der Waals surface area contributed by atoms with Gasteiger partial charge in [-0.1, -0.05) is 11.6 Å². The highest BCUT2D eigenvalue weighted by Gasteiger charge is 2.32. The SMILES string of the molecule is CC(C)Oc1ccc(C(=O)N(c2ccc(Cl)cc2)[C@@H]2C=CS(=O)(=O)C2)cc1. The zero-order valence-electron chi connectivity index (χ0n) is 15.0. The number of anilines is 1. The van der Waals surface area contributed by atoms with Crippen LogP contribution in [0.3, 0.4) is 0 Å². The highest BCUT2D eigenvalue weighted by Crippen LogP contribution is 2.27. The molecular formula is C20H20ClNO4S. The van der Waals surface area contributed by atoms with Gasteiger partial charge >= 0.3 is 0 Å². The lowest BCUT2D eigenvalue weighted by molar-refractivity contribution is 0.0983. The van der Waals surface area contributed by atoms with Gasteiger partial charge < -0.3 is 9.64 Å². The molecule has 1 amide bonds. The molecule has 0 radical (unpaired) electrons. The average Bonchev–Trinajstić information content (AvgIpc) is 2.96. The summed E-state index contributed by atoms with van der Waals surface area (Å²) >= 11 is 5.95. The van der Waals surface area contributed by atoms with Crippen molar-refractivity contribution in [1.29, 1.82) is 0 Å². The minimum absolute atomic E-state index is 0.0333. The maximum atomic E-state index is 13.2. The molecule has 27 heavy (non-hydrogen) atoms. The van der Waals surface area contributed by atoms with Crippen LogP contribution in [0.1, 0.15) is 24.2 Å². The lowest BCUT2D eigenvalue weighted by Gasteiger charge is -2.28. The normalized spacial score (nSPS) is 17.9. The number of benzene rings is 2. The second-order valence-electron chi connectivity index (χ2n) is 6.57. The van der Waals surface area contributed by atoms with Crippen LogP contribution in [-0.4, -0.2) is 32.2 Å². The summed E-state index contributed by atoms with van der Waals surface area (Å²) in [6, 6.07) is 13.0. The van der Waals surface area contributed by atoms with E-state index in [9.17, 15) is 13.2 Å². The number of carbonyl (C=O) groups excluding carboxylic acids is 1. The Balaban J connectivity index is 1.93. The summed E-state index contributed by atoms with van der Waals surface area (Å²) in [7, 11) is -3.31. The first kappa shape index (κ1) is 19.5. The van der Waals surface area contributed by atoms with Gasteiger partial charge in [0.2, 0.25) is 0 Å². The first-order valence-electron chi connectivity index (χ1n) is 8.52. The fourth-order valence-electron chi connectivity index (χ4n) is 2.87. The molecular weight excluding hydrogens is 386 g/mol. The van der Waals surface area contributed by atoms with Crippen molar-refractivity contribution in [1.82, 2.24) is 0 Å². The molecule has 1 aliphatic heterocycles. The number of hydrogen-bond acceptors (Lipinski definition) is 4. The lowest BCUT2D eigenvalue weighted by atomic mass is 10.1. The molecule has 1 heterocycles. The van der Waals surface area contributed by atoms with E-state index in [1.807, 2.05) is 13.8 Å². The van der Waals surface area contributed by atoms with Crippen LogP contribution in [0, 0.1) is 0 Å². The summed E-state index contributed by atoms with van der Waals surface area (Å²) in [5, 5.41) is 1.70. The number of nitrogens with zero attached hydrogens (tertiary/aromatic N) is 1. The van der Waals surface area contributed by atoms with E-state index in [4.69, 9.17) is 16.3 Å². The molecule has 2 aromatic rings. The first-order chi connectivity index (χ1) is 12.7. The smallest absolute Gasteiger partial charge is 0.258 e. The second kappa shape index (κ2) is 7.74. The molecule has 2 aromatic carbocycles. The third-order valence-corrected chi connectivity index (χ3v) is 5.67. The average molecular weight is 406 g/mol. The molecule has 3 rings (SSSR count). The second-order valence-corrected chi connectivity index (χ2v) is 8.94. The number of sulfone groups is 1. The van der Waals surface area contributed by atoms with Crippen molar-refractivity contribution in [2.75, 3.05) is 10.7 Å². The molecule has 0 unspecified atom stereocenters. The molecule has 0 saturated carbocycles. The summed E-state index contributed by atoms with van der Waals surface area (Å²) in [6.07, 6.45) is 1.57. The predicted octanol–water partition coefficient (Wildman–Crippen LogP) is 4.08. The highest BCUT2D eigenvalue weighted by atomic mass is 35.5. The molecule has 0 spiro atoms. The molecule has 1 aliphatic rings. The van der Waals surface area contributed by atoms with Crippen LogP contribution in [0.25, 0.3) is 0 Å². The largest absolute Gasteiger partial charge is 0.491 e. The van der Waals surface area contributed by atoms with Gasteiger partial charge in [0.05, 0.1) is 17.9 Å². The number of rotatable bonds is 5. The zero-order valence-corrected chi connectivity index (χ0v) is 16.6. The molecule has 5 nitrogen and oxygen atoms in total. The number of hydrogen-bond donors (Lipinski definition) is 0. The molecule has 0 aliphatic carbocycles. The Bertz CT molecular complexity index is 950. The van der Waals surface area contributed by atoms with Gasteiger partial charge in [-0.05, 0) is 68.5 Å². The van der Waals surface area contributed by atoms with Crippen molar-refractivity contribution in [2.45, 2.75) is 26.0 Å². The minimum atomic E-state index is -3.31. The lowest BCUT2D eigenvalue weighted by Crippen LogP contribution is -2.41. The predicted molar refractivity (Wildman–Crippen MR) is 107 cm³/mol. The Morgan fingerprint density at radius 1 is 1.11 bits per heavy atom. The molecule has 7 heteroatoms. The number of halogens is 1. The van der Waals surface area contributed by atoms with Crippen LogP contribution in [-0.2, 0) is 9.84 Å². The highest BCUT2D eigenvalue weighted by molar-refractivity contribution is 7.94. The summed E-state index contributed by atoms with van der Waals surface area (Å²) in [6.45, 7) is 3.85. The van der Waals surface area contributed by atoms with Crippen LogP contribution >= 0.6 is 11.6 Å². The van der Waals surface area contributed by atoms with Gasteiger partial charge in [0.1, 0.15) is 5.75 Å². The monoisotopic (exact) mass is 405 g/mol. The van der Waals surface area contributed by atoms with Crippen molar-refractivity contribution in [3.05, 3.63) is 70.6 Å². The third kappa shape index (κ3) is 4.70. The Morgan fingerprint density at radius 3 is 2.26 bits per heavy atom. The Hall–Kier alpha value is -2.31. The Labute approximate surface area is 164 Å². The van der Waals surface area contributed by atoms with Crippen molar-refractivity contribution in [3.8, 4) is 5.75 Å². The summed E-state index contributed by atoms with van der Waals surface area (Å²) in [5.74, 6) is 0.235. The number of amides is 1. The van der Waals surface area contributed by atoms with Gasteiger partial charge in [-0.3, -0.25) is 4.79 Å². The van der Waals surface area contributed by atoms with Crippen LogP contribution in [0.2, 0.25) is 5.02 Å². The summed E-state index contributed by atoms with van der Waals surface area (Å²) in [5.41, 5.74) is 1.03. The van der Waals surface area contributed by atoms with E-state index in [1.54, 1.807) is 48.5 Å². The van der Waals surface area contributed by atoms with E-state index in [0.717, 1.165) is 5.41 Å². The van der Waals surface area contributed by atoms with E-state index in [1.165, 1.54) is 11.0 Å². The quantitative estimate of drug-likeness (QED) is 0.751. The minimum Gasteiger partial charge on any atom is -0.491 e. The van der Waals surface area contributed by atoms with E-state index < -0.39 is 15.9 Å². The van der Waals surface area contributed by atoms with Gasteiger partial charge in [0, 0.05) is 21.7 Å². The van der Waals surface area contributed by atoms with Gasteiger partial charge in [-0.25, -0.2) is 8.42 Å². The summed E-state index contributed by atoms with van der Waals surface area (Å²) < 4.78 is 29.4. The van der Waals surface area contributed by atoms with Crippen molar-refractivity contribution < 1.29 is 17.9 Å². The zero-order chi connectivity index (χ0) is 19.6. The van der Waals surface area contributed by atoms with E-state index in [2.05, 4.69) is 0 Å². The molecule has 0 aromatic heterocycles. The Kier molecular flexibility index (Phi) is 5.58. The van der Waals surface area contributed by atoms with Crippen molar-refractivity contribution >= 4 is 33.0 Å². The standard InChI is InChI=1S/C20H20ClNO4S/c1-14(2)26-19-9-3-15(4-10-19)20(23)22(17-7-5-16(21)6-8-17)18-11-12-27(24,25)13-18/h3-12,14,18H,13H2,1-2H3/t18-/m1/s1. The van der Waals surface area contributed by atoms with E-state index >= 15 is 0 Å². The fraction of sp³-hybridized carbons (Fsp3) is 0.250. The molecule has 0 bridgehead atoms. The third-order valence-electron chi connectivity index (χ3n) is 4.04. The molecule has 0 N–H and O–H groups in total. The topological polar surface area (TPSA) is 63.7 Å². The number of carbonyl (C=O) groups is 1. The van der Waals surface area contributed by atoms with Gasteiger partial charge in [-0.2, -0.15) is 0 Å². The molecule has 1 atom stereocenters.